The van der Waals surface area contributed by atoms with Gasteiger partial charge in [-0.05, 0) is 30.3 Å². The Morgan fingerprint density at radius 3 is 3.07 bits per heavy atom. The van der Waals surface area contributed by atoms with Gasteiger partial charge in [-0.2, -0.15) is 0 Å². The van der Waals surface area contributed by atoms with Gasteiger partial charge in [0.05, 0.1) is 6.26 Å². The van der Waals surface area contributed by atoms with Crippen LogP contribution in [-0.4, -0.2) is 13.1 Å². The van der Waals surface area contributed by atoms with Crippen LogP contribution in [0.1, 0.15) is 18.7 Å². The average molecular weight is 207 g/mol. The fraction of sp³-hybridized carbons (Fsp3) is 0.333. The smallest absolute Gasteiger partial charge is 0.138 e. The zero-order valence-corrected chi connectivity index (χ0v) is 8.66. The minimum Gasteiger partial charge on any atom is -0.464 e. The Hall–Kier alpha value is -1.35. The fourth-order valence-corrected chi connectivity index (χ4v) is 1.57. The minimum atomic E-state index is -0.954. The predicted molar refractivity (Wildman–Crippen MR) is 58.6 cm³/mol. The molecule has 0 saturated carbocycles. The van der Waals surface area contributed by atoms with Gasteiger partial charge in [-0.1, -0.05) is 13.0 Å². The molecule has 1 N–H and O–H groups in total. The normalized spacial score (nSPS) is 13.2. The number of fused-ring (bicyclic) bond motifs is 1. The summed E-state index contributed by atoms with van der Waals surface area (Å²) in [6.45, 7) is 3.11. The van der Waals surface area contributed by atoms with E-state index in [9.17, 15) is 4.39 Å². The molecule has 0 amide bonds. The number of benzene rings is 1. The third-order valence-electron chi connectivity index (χ3n) is 2.41. The second kappa shape index (κ2) is 4.45. The SMILES string of the molecule is CCNCC(F)c1ccc2occc2c1. The fourth-order valence-electron chi connectivity index (χ4n) is 1.57. The van der Waals surface area contributed by atoms with Crippen LogP contribution in [0.3, 0.4) is 0 Å². The lowest BCUT2D eigenvalue weighted by Crippen LogP contribution is -2.18. The summed E-state index contributed by atoms with van der Waals surface area (Å²) in [5.74, 6) is 0. The predicted octanol–water partition coefficient (Wildman–Crippen LogP) is 3.05. The highest BCUT2D eigenvalue weighted by Crippen LogP contribution is 2.22. The average Bonchev–Trinajstić information content (AvgIpc) is 2.72. The Bertz CT molecular complexity index is 438. The second-order valence-corrected chi connectivity index (χ2v) is 3.49. The van der Waals surface area contributed by atoms with E-state index in [1.54, 1.807) is 12.3 Å². The number of alkyl halides is 1. The number of hydrogen-bond donors (Lipinski definition) is 1. The monoisotopic (exact) mass is 207 g/mol. The summed E-state index contributed by atoms with van der Waals surface area (Å²) in [5.41, 5.74) is 1.50. The van der Waals surface area contributed by atoms with Crippen LogP contribution < -0.4 is 5.32 Å². The molecule has 1 heterocycles. The molecule has 80 valence electrons. The lowest BCUT2D eigenvalue weighted by atomic mass is 10.1. The molecule has 0 aliphatic carbocycles. The number of rotatable bonds is 4. The summed E-state index contributed by atoms with van der Waals surface area (Å²) in [6, 6.07) is 7.26. The number of furan rings is 1. The molecule has 0 spiro atoms. The standard InChI is InChI=1S/C12H14FNO/c1-2-14-8-11(13)9-3-4-12-10(7-9)5-6-15-12/h3-7,11,14H,2,8H2,1H3. The van der Waals surface area contributed by atoms with Crippen LogP contribution in [0, 0.1) is 0 Å². The molecule has 1 atom stereocenters. The van der Waals surface area contributed by atoms with Crippen molar-refractivity contribution in [3.8, 4) is 0 Å². The molecule has 2 rings (SSSR count). The van der Waals surface area contributed by atoms with Crippen molar-refractivity contribution in [3.05, 3.63) is 36.1 Å². The van der Waals surface area contributed by atoms with Crippen LogP contribution in [0.4, 0.5) is 4.39 Å². The first-order valence-electron chi connectivity index (χ1n) is 5.13. The molecule has 0 bridgehead atoms. The molecule has 3 heteroatoms. The lowest BCUT2D eigenvalue weighted by molar-refractivity contribution is 0.330. The van der Waals surface area contributed by atoms with Crippen LogP contribution in [0.15, 0.2) is 34.9 Å². The van der Waals surface area contributed by atoms with E-state index in [0.717, 1.165) is 17.5 Å². The molecule has 1 unspecified atom stereocenters. The van der Waals surface area contributed by atoms with Gasteiger partial charge in [-0.15, -0.1) is 0 Å². The van der Waals surface area contributed by atoms with Crippen molar-refractivity contribution in [2.24, 2.45) is 0 Å². The quantitative estimate of drug-likeness (QED) is 0.833. The second-order valence-electron chi connectivity index (χ2n) is 3.49. The van der Waals surface area contributed by atoms with Gasteiger partial charge in [0.2, 0.25) is 0 Å². The molecule has 0 fully saturated rings. The number of hydrogen-bond acceptors (Lipinski definition) is 2. The molecule has 1 aromatic carbocycles. The van der Waals surface area contributed by atoms with Gasteiger partial charge in [-0.25, -0.2) is 4.39 Å². The zero-order valence-electron chi connectivity index (χ0n) is 8.66. The van der Waals surface area contributed by atoms with Crippen LogP contribution in [0.5, 0.6) is 0 Å². The van der Waals surface area contributed by atoms with Crippen molar-refractivity contribution >= 4 is 11.0 Å². The molecule has 0 aliphatic rings. The molecule has 15 heavy (non-hydrogen) atoms. The number of likely N-dealkylation sites (N-methyl/N-ethyl adjacent to an activating group) is 1. The van der Waals surface area contributed by atoms with Crippen molar-refractivity contribution in [3.63, 3.8) is 0 Å². The molecular weight excluding hydrogens is 193 g/mol. The van der Waals surface area contributed by atoms with Crippen LogP contribution in [0.25, 0.3) is 11.0 Å². The van der Waals surface area contributed by atoms with Crippen LogP contribution >= 0.6 is 0 Å². The van der Waals surface area contributed by atoms with Gasteiger partial charge in [-0.3, -0.25) is 0 Å². The van der Waals surface area contributed by atoms with Crippen molar-refractivity contribution in [1.29, 1.82) is 0 Å². The Morgan fingerprint density at radius 1 is 1.40 bits per heavy atom. The largest absolute Gasteiger partial charge is 0.464 e. The summed E-state index contributed by atoms with van der Waals surface area (Å²) in [6.07, 6.45) is 0.663. The van der Waals surface area contributed by atoms with Crippen molar-refractivity contribution in [2.45, 2.75) is 13.1 Å². The molecule has 2 nitrogen and oxygen atoms in total. The lowest BCUT2D eigenvalue weighted by Gasteiger charge is -2.08. The summed E-state index contributed by atoms with van der Waals surface area (Å²) in [4.78, 5) is 0. The summed E-state index contributed by atoms with van der Waals surface area (Å²) >= 11 is 0. The maximum Gasteiger partial charge on any atom is 0.138 e. The van der Waals surface area contributed by atoms with E-state index in [-0.39, 0.29) is 0 Å². The first-order chi connectivity index (χ1) is 7.31. The molecular formula is C12H14FNO. The molecule has 0 aliphatic heterocycles. The van der Waals surface area contributed by atoms with Gasteiger partial charge >= 0.3 is 0 Å². The number of nitrogens with one attached hydrogen (secondary N) is 1. The molecule has 2 aromatic rings. The van der Waals surface area contributed by atoms with Crippen LogP contribution in [-0.2, 0) is 0 Å². The summed E-state index contributed by atoms with van der Waals surface area (Å²) in [7, 11) is 0. The van der Waals surface area contributed by atoms with E-state index in [4.69, 9.17) is 4.42 Å². The summed E-state index contributed by atoms with van der Waals surface area (Å²) in [5, 5.41) is 3.94. The van der Waals surface area contributed by atoms with E-state index in [2.05, 4.69) is 5.32 Å². The first-order valence-corrected chi connectivity index (χ1v) is 5.13. The summed E-state index contributed by atoms with van der Waals surface area (Å²) < 4.78 is 18.9. The van der Waals surface area contributed by atoms with E-state index < -0.39 is 6.17 Å². The van der Waals surface area contributed by atoms with Crippen molar-refractivity contribution in [2.75, 3.05) is 13.1 Å². The van der Waals surface area contributed by atoms with E-state index in [1.807, 2.05) is 25.1 Å². The zero-order chi connectivity index (χ0) is 10.7. The Labute approximate surface area is 88.1 Å². The Balaban J connectivity index is 2.19. The Kier molecular flexibility index (Phi) is 3.02. The third kappa shape index (κ3) is 2.18. The van der Waals surface area contributed by atoms with Crippen LogP contribution in [0.2, 0.25) is 0 Å². The molecule has 1 aromatic heterocycles. The van der Waals surface area contributed by atoms with E-state index in [0.29, 0.717) is 12.1 Å². The van der Waals surface area contributed by atoms with Crippen molar-refractivity contribution < 1.29 is 8.81 Å². The van der Waals surface area contributed by atoms with Crippen molar-refractivity contribution in [1.82, 2.24) is 5.32 Å². The third-order valence-corrected chi connectivity index (χ3v) is 2.41. The highest BCUT2D eigenvalue weighted by Gasteiger charge is 2.09. The van der Waals surface area contributed by atoms with Gasteiger partial charge in [0.25, 0.3) is 0 Å². The minimum absolute atomic E-state index is 0.361. The number of halogens is 1. The maximum absolute atomic E-state index is 13.7. The topological polar surface area (TPSA) is 25.2 Å². The maximum atomic E-state index is 13.7. The van der Waals surface area contributed by atoms with E-state index >= 15 is 0 Å². The first kappa shape index (κ1) is 10.2. The Morgan fingerprint density at radius 2 is 2.27 bits per heavy atom. The highest BCUT2D eigenvalue weighted by atomic mass is 19.1. The molecule has 0 saturated heterocycles. The van der Waals surface area contributed by atoms with Gasteiger partial charge in [0.15, 0.2) is 0 Å². The van der Waals surface area contributed by atoms with Gasteiger partial charge in [0.1, 0.15) is 11.8 Å². The highest BCUT2D eigenvalue weighted by molar-refractivity contribution is 5.77. The molecule has 0 radical (unpaired) electrons. The van der Waals surface area contributed by atoms with Gasteiger partial charge in [0, 0.05) is 11.9 Å². The van der Waals surface area contributed by atoms with E-state index in [1.165, 1.54) is 0 Å². The van der Waals surface area contributed by atoms with Gasteiger partial charge < -0.3 is 9.73 Å².